The highest BCUT2D eigenvalue weighted by Crippen LogP contribution is 2.05. The van der Waals surface area contributed by atoms with Gasteiger partial charge in [0.1, 0.15) is 5.82 Å². The molecule has 0 aliphatic carbocycles. The summed E-state index contributed by atoms with van der Waals surface area (Å²) in [7, 11) is 0. The van der Waals surface area contributed by atoms with Gasteiger partial charge in [-0.15, -0.1) is 0 Å². The fourth-order valence-corrected chi connectivity index (χ4v) is 1.34. The quantitative estimate of drug-likeness (QED) is 0.751. The predicted octanol–water partition coefficient (Wildman–Crippen LogP) is 1.95. The summed E-state index contributed by atoms with van der Waals surface area (Å²) in [6.07, 6.45) is 3.53. The number of nitrogens with one attached hydrogen (secondary N) is 1. The van der Waals surface area contributed by atoms with Gasteiger partial charge >= 0.3 is 0 Å². The number of halogens is 1. The molecule has 0 saturated heterocycles. The minimum Gasteiger partial charge on any atom is -0.308 e. The Labute approximate surface area is 82.4 Å². The van der Waals surface area contributed by atoms with E-state index in [2.05, 4.69) is 16.9 Å². The van der Waals surface area contributed by atoms with Gasteiger partial charge in [0.25, 0.3) is 5.56 Å². The van der Waals surface area contributed by atoms with E-state index in [0.717, 1.165) is 19.3 Å². The van der Waals surface area contributed by atoms with Crippen LogP contribution in [0.5, 0.6) is 0 Å². The van der Waals surface area contributed by atoms with Gasteiger partial charge in [-0.05, 0) is 19.8 Å². The molecule has 0 amide bonds. The van der Waals surface area contributed by atoms with Crippen molar-refractivity contribution in [3.05, 3.63) is 27.7 Å². The standard InChI is InChI=1S/C10H15FN2O/c1-3-4-5-6-8-9(11)10(14)13-7(2)12-8/h3-6H2,1-2H3,(H,12,13,14). The van der Waals surface area contributed by atoms with Crippen molar-refractivity contribution in [3.8, 4) is 0 Å². The monoisotopic (exact) mass is 198 g/mol. The topological polar surface area (TPSA) is 45.8 Å². The largest absolute Gasteiger partial charge is 0.308 e. The van der Waals surface area contributed by atoms with Crippen molar-refractivity contribution < 1.29 is 4.39 Å². The van der Waals surface area contributed by atoms with E-state index in [1.54, 1.807) is 6.92 Å². The average Bonchev–Trinajstić information content (AvgIpc) is 2.13. The molecule has 4 heteroatoms. The number of rotatable bonds is 4. The summed E-state index contributed by atoms with van der Waals surface area (Å²) < 4.78 is 13.2. The molecule has 0 spiro atoms. The normalized spacial score (nSPS) is 10.5. The SMILES string of the molecule is CCCCCc1nc(C)[nH]c(=O)c1F. The zero-order valence-electron chi connectivity index (χ0n) is 8.56. The van der Waals surface area contributed by atoms with Crippen LogP contribution in [0.1, 0.15) is 37.7 Å². The first kappa shape index (κ1) is 10.9. The van der Waals surface area contributed by atoms with Crippen LogP contribution in [0.25, 0.3) is 0 Å². The van der Waals surface area contributed by atoms with Gasteiger partial charge in [0.05, 0.1) is 5.69 Å². The number of unbranched alkanes of at least 4 members (excludes halogenated alkanes) is 2. The van der Waals surface area contributed by atoms with Gasteiger partial charge in [-0.3, -0.25) is 4.79 Å². The van der Waals surface area contributed by atoms with Gasteiger partial charge in [-0.25, -0.2) is 4.98 Å². The van der Waals surface area contributed by atoms with E-state index in [9.17, 15) is 9.18 Å². The van der Waals surface area contributed by atoms with Crippen molar-refractivity contribution in [1.29, 1.82) is 0 Å². The first-order valence-electron chi connectivity index (χ1n) is 4.90. The van der Waals surface area contributed by atoms with Crippen LogP contribution < -0.4 is 5.56 Å². The van der Waals surface area contributed by atoms with E-state index in [4.69, 9.17) is 0 Å². The van der Waals surface area contributed by atoms with Crippen molar-refractivity contribution in [2.75, 3.05) is 0 Å². The molecule has 1 aromatic heterocycles. The molecule has 1 aromatic rings. The van der Waals surface area contributed by atoms with Crippen LogP contribution in [0.15, 0.2) is 4.79 Å². The summed E-state index contributed by atoms with van der Waals surface area (Å²) in [6.45, 7) is 3.73. The summed E-state index contributed by atoms with van der Waals surface area (Å²) in [6, 6.07) is 0. The Morgan fingerprint density at radius 3 is 2.79 bits per heavy atom. The summed E-state index contributed by atoms with van der Waals surface area (Å²) in [5, 5.41) is 0. The van der Waals surface area contributed by atoms with Crippen molar-refractivity contribution in [2.24, 2.45) is 0 Å². The Kier molecular flexibility index (Phi) is 3.80. The Bertz CT molecular complexity index is 360. The minimum atomic E-state index is -0.730. The Hall–Kier alpha value is -1.19. The molecule has 78 valence electrons. The third kappa shape index (κ3) is 2.65. The lowest BCUT2D eigenvalue weighted by Crippen LogP contribution is -2.17. The van der Waals surface area contributed by atoms with E-state index < -0.39 is 11.4 Å². The third-order valence-corrected chi connectivity index (χ3v) is 2.07. The van der Waals surface area contributed by atoms with Gasteiger partial charge < -0.3 is 4.98 Å². The molecule has 0 radical (unpaired) electrons. The van der Waals surface area contributed by atoms with Crippen LogP contribution in [-0.2, 0) is 6.42 Å². The highest BCUT2D eigenvalue weighted by molar-refractivity contribution is 5.05. The number of aryl methyl sites for hydroxylation is 2. The summed E-state index contributed by atoms with van der Waals surface area (Å²) >= 11 is 0. The van der Waals surface area contributed by atoms with Gasteiger partial charge in [0.15, 0.2) is 0 Å². The average molecular weight is 198 g/mol. The van der Waals surface area contributed by atoms with E-state index in [-0.39, 0.29) is 0 Å². The molecule has 1 N–H and O–H groups in total. The van der Waals surface area contributed by atoms with Gasteiger partial charge in [-0.1, -0.05) is 19.8 Å². The first-order valence-corrected chi connectivity index (χ1v) is 4.90. The molecule has 0 aromatic carbocycles. The van der Waals surface area contributed by atoms with Crippen LogP contribution in [0.3, 0.4) is 0 Å². The van der Waals surface area contributed by atoms with Gasteiger partial charge in [0, 0.05) is 0 Å². The third-order valence-electron chi connectivity index (χ3n) is 2.07. The first-order chi connectivity index (χ1) is 6.65. The minimum absolute atomic E-state index is 0.291. The molecule has 3 nitrogen and oxygen atoms in total. The van der Waals surface area contributed by atoms with Crippen molar-refractivity contribution in [3.63, 3.8) is 0 Å². The lowest BCUT2D eigenvalue weighted by molar-refractivity contribution is 0.563. The van der Waals surface area contributed by atoms with Gasteiger partial charge in [-0.2, -0.15) is 4.39 Å². The number of aromatic nitrogens is 2. The highest BCUT2D eigenvalue weighted by atomic mass is 19.1. The molecule has 0 atom stereocenters. The second kappa shape index (κ2) is 4.88. The van der Waals surface area contributed by atoms with E-state index >= 15 is 0 Å². The van der Waals surface area contributed by atoms with Crippen LogP contribution >= 0.6 is 0 Å². The number of hydrogen-bond acceptors (Lipinski definition) is 2. The molecule has 1 rings (SSSR count). The molecule has 0 unspecified atom stereocenters. The Morgan fingerprint density at radius 1 is 1.43 bits per heavy atom. The van der Waals surface area contributed by atoms with Gasteiger partial charge in [0.2, 0.25) is 5.82 Å². The van der Waals surface area contributed by atoms with Crippen LogP contribution in [0, 0.1) is 12.7 Å². The maximum absolute atomic E-state index is 13.2. The number of nitrogens with zero attached hydrogens (tertiary/aromatic N) is 1. The predicted molar refractivity (Wildman–Crippen MR) is 52.8 cm³/mol. The Morgan fingerprint density at radius 2 is 2.14 bits per heavy atom. The molecule has 0 aliphatic rings. The lowest BCUT2D eigenvalue weighted by Gasteiger charge is -2.02. The zero-order chi connectivity index (χ0) is 10.6. The molecule has 14 heavy (non-hydrogen) atoms. The summed E-state index contributed by atoms with van der Waals surface area (Å²) in [5.41, 5.74) is -0.372. The fraction of sp³-hybridized carbons (Fsp3) is 0.600. The second-order valence-corrected chi connectivity index (χ2v) is 3.37. The highest BCUT2D eigenvalue weighted by Gasteiger charge is 2.08. The number of H-pyrrole nitrogens is 1. The fourth-order valence-electron chi connectivity index (χ4n) is 1.34. The lowest BCUT2D eigenvalue weighted by atomic mass is 10.1. The summed E-state index contributed by atoms with van der Waals surface area (Å²) in [4.78, 5) is 17.3. The smallest absolute Gasteiger partial charge is 0.287 e. The van der Waals surface area contributed by atoms with Crippen LogP contribution in [-0.4, -0.2) is 9.97 Å². The van der Waals surface area contributed by atoms with Crippen molar-refractivity contribution >= 4 is 0 Å². The molecule has 0 saturated carbocycles. The molecule has 0 fully saturated rings. The van der Waals surface area contributed by atoms with Crippen molar-refractivity contribution in [2.45, 2.75) is 39.5 Å². The van der Waals surface area contributed by atoms with E-state index in [0.29, 0.717) is 17.9 Å². The molecule has 0 aliphatic heterocycles. The Balaban J connectivity index is 2.80. The zero-order valence-corrected chi connectivity index (χ0v) is 8.56. The maximum Gasteiger partial charge on any atom is 0.287 e. The van der Waals surface area contributed by atoms with Crippen LogP contribution in [0.4, 0.5) is 4.39 Å². The van der Waals surface area contributed by atoms with Crippen molar-refractivity contribution in [1.82, 2.24) is 9.97 Å². The molecule has 1 heterocycles. The second-order valence-electron chi connectivity index (χ2n) is 3.37. The number of hydrogen-bond donors (Lipinski definition) is 1. The van der Waals surface area contributed by atoms with E-state index in [1.165, 1.54) is 0 Å². The molecule has 0 bridgehead atoms. The summed E-state index contributed by atoms with van der Waals surface area (Å²) in [5.74, 6) is -0.255. The molecular formula is C10H15FN2O. The van der Waals surface area contributed by atoms with Crippen LogP contribution in [0.2, 0.25) is 0 Å². The maximum atomic E-state index is 13.2. The number of aromatic amines is 1. The molecular weight excluding hydrogens is 183 g/mol. The van der Waals surface area contributed by atoms with E-state index in [1.807, 2.05) is 0 Å².